The van der Waals surface area contributed by atoms with E-state index in [-0.39, 0.29) is 24.0 Å². The fourth-order valence-electron chi connectivity index (χ4n) is 3.09. The molecule has 1 atom stereocenters. The van der Waals surface area contributed by atoms with Gasteiger partial charge in [-0.15, -0.1) is 0 Å². The van der Waals surface area contributed by atoms with E-state index in [9.17, 15) is 4.79 Å². The van der Waals surface area contributed by atoms with Gasteiger partial charge in [-0.2, -0.15) is 0 Å². The molecule has 6 nitrogen and oxygen atoms in total. The average Bonchev–Trinajstić information content (AvgIpc) is 2.91. The highest BCUT2D eigenvalue weighted by molar-refractivity contribution is 7.80. The van der Waals surface area contributed by atoms with Gasteiger partial charge in [0.1, 0.15) is 5.75 Å². The molecule has 25 heavy (non-hydrogen) atoms. The van der Waals surface area contributed by atoms with Crippen molar-refractivity contribution >= 4 is 49.9 Å². The molecule has 1 aromatic heterocycles. The fraction of sp³-hybridized carbons (Fsp3) is 0.471. The number of thiazole rings is 1. The van der Waals surface area contributed by atoms with E-state index in [1.165, 1.54) is 11.3 Å². The van der Waals surface area contributed by atoms with Gasteiger partial charge in [0.05, 0.1) is 23.9 Å². The minimum atomic E-state index is -0.123. The van der Waals surface area contributed by atoms with Crippen LogP contribution in [0.25, 0.3) is 10.2 Å². The number of fused-ring (bicyclic) bond motifs is 1. The molecular weight excluding hydrogens is 356 g/mol. The third kappa shape index (κ3) is 4.01. The maximum atomic E-state index is 12.4. The Morgan fingerprint density at radius 1 is 1.56 bits per heavy atom. The highest BCUT2D eigenvalue weighted by Crippen LogP contribution is 2.29. The number of ether oxygens (including phenoxy) is 1. The minimum Gasteiger partial charge on any atom is -0.497 e. The number of thiocarbonyl (C=S) groups is 1. The van der Waals surface area contributed by atoms with E-state index in [1.807, 2.05) is 23.1 Å². The summed E-state index contributed by atoms with van der Waals surface area (Å²) in [7, 11) is 1.63. The smallest absolute Gasteiger partial charge is 0.245 e. The lowest BCUT2D eigenvalue weighted by atomic mass is 9.93. The van der Waals surface area contributed by atoms with Gasteiger partial charge in [-0.3, -0.25) is 4.79 Å². The number of methoxy groups -OCH3 is 1. The van der Waals surface area contributed by atoms with Gasteiger partial charge in [-0.05, 0) is 57.6 Å². The molecular formula is C17H22N4O2S2. The molecule has 1 fully saturated rings. The highest BCUT2D eigenvalue weighted by Gasteiger charge is 2.33. The largest absolute Gasteiger partial charge is 0.497 e. The van der Waals surface area contributed by atoms with E-state index >= 15 is 0 Å². The molecule has 0 bridgehead atoms. The molecule has 3 rings (SSSR count). The van der Waals surface area contributed by atoms with Gasteiger partial charge in [0, 0.05) is 11.6 Å². The Morgan fingerprint density at radius 2 is 2.32 bits per heavy atom. The number of benzene rings is 1. The van der Waals surface area contributed by atoms with Crippen molar-refractivity contribution in [2.75, 3.05) is 19.0 Å². The first-order chi connectivity index (χ1) is 11.8. The Hall–Kier alpha value is -1.93. The van der Waals surface area contributed by atoms with Crippen LogP contribution in [0.1, 0.15) is 27.2 Å². The molecule has 0 spiro atoms. The zero-order chi connectivity index (χ0) is 18.2. The average molecular weight is 379 g/mol. The summed E-state index contributed by atoms with van der Waals surface area (Å²) in [6, 6.07) is 5.86. The molecule has 1 saturated heterocycles. The Labute approximate surface area is 156 Å². The number of aromatic nitrogens is 1. The van der Waals surface area contributed by atoms with Crippen LogP contribution in [0, 0.1) is 0 Å². The molecule has 0 unspecified atom stereocenters. The Kier molecular flexibility index (Phi) is 4.83. The van der Waals surface area contributed by atoms with Crippen molar-refractivity contribution in [1.82, 2.24) is 15.2 Å². The third-order valence-corrected chi connectivity index (χ3v) is 5.47. The van der Waals surface area contributed by atoms with Gasteiger partial charge >= 0.3 is 0 Å². The summed E-state index contributed by atoms with van der Waals surface area (Å²) in [6.45, 7) is 6.53. The quantitative estimate of drug-likeness (QED) is 0.798. The normalized spacial score (nSPS) is 19.6. The van der Waals surface area contributed by atoms with Crippen molar-refractivity contribution < 1.29 is 9.53 Å². The molecule has 0 radical (unpaired) electrons. The SMILES string of the molecule is COc1ccc2nc(NC(=O)CN3C(=S)NC(C)(C)C[C@@H]3C)sc2c1. The maximum Gasteiger partial charge on any atom is 0.245 e. The van der Waals surface area contributed by atoms with Crippen LogP contribution in [0.15, 0.2) is 18.2 Å². The predicted molar refractivity (Wildman–Crippen MR) is 105 cm³/mol. The van der Waals surface area contributed by atoms with E-state index in [4.69, 9.17) is 17.0 Å². The van der Waals surface area contributed by atoms with Gasteiger partial charge in [0.25, 0.3) is 0 Å². The van der Waals surface area contributed by atoms with Crippen molar-refractivity contribution in [3.8, 4) is 5.75 Å². The van der Waals surface area contributed by atoms with Gasteiger partial charge in [-0.1, -0.05) is 11.3 Å². The Bertz CT molecular complexity index is 818. The van der Waals surface area contributed by atoms with Gasteiger partial charge < -0.3 is 20.3 Å². The summed E-state index contributed by atoms with van der Waals surface area (Å²) in [4.78, 5) is 18.8. The zero-order valence-corrected chi connectivity index (χ0v) is 16.4. The second-order valence-electron chi connectivity index (χ2n) is 6.90. The first-order valence-electron chi connectivity index (χ1n) is 8.10. The molecule has 1 amide bonds. The van der Waals surface area contributed by atoms with Gasteiger partial charge in [0.2, 0.25) is 5.91 Å². The summed E-state index contributed by atoms with van der Waals surface area (Å²) in [5.41, 5.74) is 0.793. The van der Waals surface area contributed by atoms with Crippen molar-refractivity contribution in [1.29, 1.82) is 0 Å². The number of nitrogens with one attached hydrogen (secondary N) is 2. The lowest BCUT2D eigenvalue weighted by Crippen LogP contribution is -2.61. The molecule has 2 heterocycles. The van der Waals surface area contributed by atoms with Crippen LogP contribution < -0.4 is 15.4 Å². The van der Waals surface area contributed by atoms with E-state index in [0.717, 1.165) is 22.4 Å². The lowest BCUT2D eigenvalue weighted by molar-refractivity contribution is -0.117. The summed E-state index contributed by atoms with van der Waals surface area (Å²) < 4.78 is 6.19. The standard InChI is InChI=1S/C17H22N4O2S2/c1-10-8-17(2,3)20-16(24)21(10)9-14(22)19-15-18-12-6-5-11(23-4)7-13(12)25-15/h5-7,10H,8-9H2,1-4H3,(H,20,24)(H,18,19,22)/t10-/m0/s1. The lowest BCUT2D eigenvalue weighted by Gasteiger charge is -2.44. The molecule has 1 aliphatic heterocycles. The molecule has 1 aromatic carbocycles. The van der Waals surface area contributed by atoms with Crippen molar-refractivity contribution in [3.05, 3.63) is 18.2 Å². The van der Waals surface area contributed by atoms with Crippen molar-refractivity contribution in [2.45, 2.75) is 38.8 Å². The molecule has 1 aliphatic rings. The first-order valence-corrected chi connectivity index (χ1v) is 9.33. The second kappa shape index (κ2) is 6.76. The summed E-state index contributed by atoms with van der Waals surface area (Å²) in [5.74, 6) is 0.650. The monoisotopic (exact) mass is 378 g/mol. The Balaban J connectivity index is 1.67. The van der Waals surface area contributed by atoms with Crippen LogP contribution in [0.3, 0.4) is 0 Å². The first kappa shape index (κ1) is 17.9. The van der Waals surface area contributed by atoms with E-state index in [1.54, 1.807) is 7.11 Å². The highest BCUT2D eigenvalue weighted by atomic mass is 32.1. The van der Waals surface area contributed by atoms with Crippen LogP contribution >= 0.6 is 23.6 Å². The van der Waals surface area contributed by atoms with Gasteiger partial charge in [0.15, 0.2) is 10.2 Å². The molecule has 0 aliphatic carbocycles. The van der Waals surface area contributed by atoms with Crippen LogP contribution in [-0.4, -0.2) is 46.1 Å². The second-order valence-corrected chi connectivity index (χ2v) is 8.31. The third-order valence-electron chi connectivity index (χ3n) is 4.20. The minimum absolute atomic E-state index is 0.0461. The number of nitrogens with zero attached hydrogens (tertiary/aromatic N) is 2. The molecule has 0 saturated carbocycles. The maximum absolute atomic E-state index is 12.4. The number of amides is 1. The topological polar surface area (TPSA) is 66.5 Å². The predicted octanol–water partition coefficient (Wildman–Crippen LogP) is 2.99. The summed E-state index contributed by atoms with van der Waals surface area (Å²) in [6.07, 6.45) is 0.918. The number of anilines is 1. The van der Waals surface area contributed by atoms with Gasteiger partial charge in [-0.25, -0.2) is 4.98 Å². The molecule has 2 N–H and O–H groups in total. The van der Waals surface area contributed by atoms with E-state index in [0.29, 0.717) is 10.2 Å². The zero-order valence-electron chi connectivity index (χ0n) is 14.8. The summed E-state index contributed by atoms with van der Waals surface area (Å²) >= 11 is 6.85. The van der Waals surface area contributed by atoms with Crippen LogP contribution in [0.5, 0.6) is 5.75 Å². The molecule has 8 heteroatoms. The van der Waals surface area contributed by atoms with Crippen LogP contribution in [0.4, 0.5) is 5.13 Å². The molecule has 134 valence electrons. The van der Waals surface area contributed by atoms with Crippen LogP contribution in [0.2, 0.25) is 0 Å². The van der Waals surface area contributed by atoms with Crippen molar-refractivity contribution in [2.24, 2.45) is 0 Å². The van der Waals surface area contributed by atoms with E-state index in [2.05, 4.69) is 36.4 Å². The number of carbonyl (C=O) groups excluding carboxylic acids is 1. The fourth-order valence-corrected chi connectivity index (χ4v) is 4.52. The Morgan fingerprint density at radius 3 is 3.00 bits per heavy atom. The van der Waals surface area contributed by atoms with Crippen LogP contribution in [-0.2, 0) is 4.79 Å². The number of hydrogen-bond acceptors (Lipinski definition) is 5. The number of carbonyl (C=O) groups is 1. The molecule has 2 aromatic rings. The van der Waals surface area contributed by atoms with E-state index < -0.39 is 0 Å². The van der Waals surface area contributed by atoms with Crippen molar-refractivity contribution in [3.63, 3.8) is 0 Å². The number of hydrogen-bond donors (Lipinski definition) is 2. The number of rotatable bonds is 4. The summed E-state index contributed by atoms with van der Waals surface area (Å²) in [5, 5.41) is 7.37.